The number of phosphoric acid groups is 2. The largest absolute Gasteiger partial charge is 0.472 e. The Hall–Kier alpha value is -2.46. The van der Waals surface area contributed by atoms with Crippen molar-refractivity contribution in [3.05, 3.63) is 24.3 Å². The average molecular weight is 1320 g/mol. The Kier molecular flexibility index (Phi) is 59.7. The van der Waals surface area contributed by atoms with Gasteiger partial charge in [0.05, 0.1) is 26.4 Å². The second-order valence-electron chi connectivity index (χ2n) is 25.9. The summed E-state index contributed by atoms with van der Waals surface area (Å²) in [5, 5.41) is 10.6. The van der Waals surface area contributed by atoms with E-state index >= 15 is 0 Å². The quantitative estimate of drug-likeness (QED) is 0.0169. The Labute approximate surface area is 548 Å². The minimum Gasteiger partial charge on any atom is -0.462 e. The summed E-state index contributed by atoms with van der Waals surface area (Å²) in [5.74, 6) is 0.109. The Balaban J connectivity index is 5.31. The molecule has 0 spiro atoms. The van der Waals surface area contributed by atoms with Crippen LogP contribution in [0.2, 0.25) is 0 Å². The molecule has 0 aromatic rings. The highest BCUT2D eigenvalue weighted by Gasteiger charge is 2.30. The van der Waals surface area contributed by atoms with Crippen molar-refractivity contribution in [2.24, 2.45) is 17.8 Å². The van der Waals surface area contributed by atoms with Gasteiger partial charge in [-0.25, -0.2) is 9.13 Å². The molecule has 0 radical (unpaired) electrons. The molecule has 0 amide bonds. The Morgan fingerprint density at radius 3 is 0.989 bits per heavy atom. The van der Waals surface area contributed by atoms with Crippen molar-refractivity contribution in [3.63, 3.8) is 0 Å². The molecular formula is C71H134O17P2. The molecular weight excluding hydrogens is 1190 g/mol. The fourth-order valence-electron chi connectivity index (χ4n) is 10.1. The predicted molar refractivity (Wildman–Crippen MR) is 363 cm³/mol. The smallest absolute Gasteiger partial charge is 0.462 e. The van der Waals surface area contributed by atoms with Crippen LogP contribution in [0.1, 0.15) is 331 Å². The number of allylic oxidation sites excluding steroid dienone is 4. The van der Waals surface area contributed by atoms with Gasteiger partial charge in [-0.3, -0.25) is 37.3 Å². The molecule has 5 unspecified atom stereocenters. The molecule has 0 aliphatic heterocycles. The molecule has 19 heteroatoms. The molecule has 17 nitrogen and oxygen atoms in total. The fourth-order valence-corrected chi connectivity index (χ4v) is 11.7. The number of carbonyl (C=O) groups is 4. The third-order valence-electron chi connectivity index (χ3n) is 16.5. The summed E-state index contributed by atoms with van der Waals surface area (Å²) in [4.78, 5) is 72.6. The Bertz CT molecular complexity index is 1860. The number of carbonyl (C=O) groups excluding carboxylic acids is 4. The van der Waals surface area contributed by atoms with Crippen LogP contribution < -0.4 is 0 Å². The molecule has 0 saturated heterocycles. The van der Waals surface area contributed by atoms with E-state index in [1.807, 2.05) is 0 Å². The number of hydrogen-bond donors (Lipinski definition) is 3. The van der Waals surface area contributed by atoms with Gasteiger partial charge in [0, 0.05) is 25.7 Å². The molecule has 0 heterocycles. The van der Waals surface area contributed by atoms with E-state index in [4.69, 9.17) is 37.0 Å². The van der Waals surface area contributed by atoms with Crippen molar-refractivity contribution in [1.82, 2.24) is 0 Å². The molecule has 0 aliphatic rings. The SMILES string of the molecule is CCCCCC/C=C\C=C/CCCCCCCC(=O)O[C@H](COC(=O)CCCCCCCCCCC(C)CC)COP(=O)(O)OCC(O)COP(=O)(O)OC[C@@H](COC(=O)CCCCCCCCCCC(C)C)OC(=O)CCCCCCCCCCC(C)CC. The summed E-state index contributed by atoms with van der Waals surface area (Å²) < 4.78 is 68.3. The van der Waals surface area contributed by atoms with Crippen LogP contribution in [-0.2, 0) is 65.4 Å². The molecule has 7 atom stereocenters. The van der Waals surface area contributed by atoms with Crippen LogP contribution in [0.25, 0.3) is 0 Å². The van der Waals surface area contributed by atoms with Crippen molar-refractivity contribution < 1.29 is 80.2 Å². The van der Waals surface area contributed by atoms with Gasteiger partial charge in [0.1, 0.15) is 19.3 Å². The lowest BCUT2D eigenvalue weighted by molar-refractivity contribution is -0.161. The maximum absolute atomic E-state index is 13.0. The van der Waals surface area contributed by atoms with E-state index in [1.54, 1.807) is 0 Å². The van der Waals surface area contributed by atoms with Gasteiger partial charge in [-0.2, -0.15) is 0 Å². The maximum atomic E-state index is 13.0. The number of esters is 4. The highest BCUT2D eigenvalue weighted by Crippen LogP contribution is 2.45. The van der Waals surface area contributed by atoms with Crippen molar-refractivity contribution in [2.75, 3.05) is 39.6 Å². The summed E-state index contributed by atoms with van der Waals surface area (Å²) in [6, 6.07) is 0. The molecule has 3 N–H and O–H groups in total. The lowest BCUT2D eigenvalue weighted by Gasteiger charge is -2.21. The first kappa shape index (κ1) is 87.5. The van der Waals surface area contributed by atoms with E-state index in [1.165, 1.54) is 128 Å². The van der Waals surface area contributed by atoms with Crippen LogP contribution in [0.4, 0.5) is 0 Å². The highest BCUT2D eigenvalue weighted by molar-refractivity contribution is 7.47. The Morgan fingerprint density at radius 2 is 0.656 bits per heavy atom. The highest BCUT2D eigenvalue weighted by atomic mass is 31.2. The van der Waals surface area contributed by atoms with Gasteiger partial charge in [0.2, 0.25) is 0 Å². The lowest BCUT2D eigenvalue weighted by atomic mass is 9.99. The Morgan fingerprint density at radius 1 is 0.367 bits per heavy atom. The number of hydrogen-bond acceptors (Lipinski definition) is 15. The second-order valence-corrected chi connectivity index (χ2v) is 28.8. The monoisotopic (exact) mass is 1320 g/mol. The zero-order chi connectivity index (χ0) is 66.6. The molecule has 0 rings (SSSR count). The maximum Gasteiger partial charge on any atom is 0.472 e. The van der Waals surface area contributed by atoms with Crippen molar-refractivity contribution in [1.29, 1.82) is 0 Å². The summed E-state index contributed by atoms with van der Waals surface area (Å²) in [5.41, 5.74) is 0. The first-order valence-electron chi connectivity index (χ1n) is 36.2. The standard InChI is InChI=1S/C71H134O17P2/c1-8-11-12-13-14-15-16-17-18-19-20-21-33-40-47-54-70(75)87-66(58-82-69(74)53-46-39-32-26-23-29-36-43-50-63(6)9-2)60-85-89(77,78)83-56-65(72)57-84-90(79,80)86-61-67(59-81-68(73)52-45-38-31-25-22-28-35-42-49-62(4)5)88-71(76)55-48-41-34-27-24-30-37-44-51-64(7)10-3/h15-18,62-67,72H,8-14,19-61H2,1-7H3,(H,77,78)(H,79,80)/b16-15-,18-17-/t63?,64?,65?,66-,67-/m1/s1. The van der Waals surface area contributed by atoms with Crippen LogP contribution >= 0.6 is 15.6 Å². The van der Waals surface area contributed by atoms with Crippen molar-refractivity contribution in [2.45, 2.75) is 349 Å². The molecule has 0 aliphatic carbocycles. The number of aliphatic hydroxyl groups is 1. The fraction of sp³-hybridized carbons (Fsp3) is 0.887. The average Bonchev–Trinajstić information content (AvgIpc) is 3.21. The molecule has 0 bridgehead atoms. The summed E-state index contributed by atoms with van der Waals surface area (Å²) in [6.07, 6.45) is 47.9. The van der Waals surface area contributed by atoms with Gasteiger partial charge in [0.25, 0.3) is 0 Å². The van der Waals surface area contributed by atoms with E-state index in [0.717, 1.165) is 120 Å². The molecule has 0 saturated carbocycles. The van der Waals surface area contributed by atoms with Gasteiger partial charge < -0.3 is 33.8 Å². The minimum absolute atomic E-state index is 0.0840. The number of rotatable bonds is 67. The number of aliphatic hydroxyl groups excluding tert-OH is 1. The summed E-state index contributed by atoms with van der Waals surface area (Å²) >= 11 is 0. The van der Waals surface area contributed by atoms with Gasteiger partial charge in [0.15, 0.2) is 12.2 Å². The molecule has 0 aromatic heterocycles. The first-order valence-corrected chi connectivity index (χ1v) is 39.2. The third-order valence-corrected chi connectivity index (χ3v) is 18.4. The zero-order valence-corrected chi connectivity index (χ0v) is 59.9. The zero-order valence-electron chi connectivity index (χ0n) is 58.1. The normalized spacial score (nSPS) is 15.0. The third kappa shape index (κ3) is 61.7. The van der Waals surface area contributed by atoms with Gasteiger partial charge in [-0.1, -0.05) is 278 Å². The van der Waals surface area contributed by atoms with Crippen LogP contribution in [0.5, 0.6) is 0 Å². The predicted octanol–water partition coefficient (Wildman–Crippen LogP) is 19.8. The molecule has 530 valence electrons. The van der Waals surface area contributed by atoms with E-state index in [0.29, 0.717) is 25.7 Å². The first-order chi connectivity index (χ1) is 43.3. The number of unbranched alkanes of at least 4 members (excludes halogenated alkanes) is 30. The number of phosphoric ester groups is 2. The van der Waals surface area contributed by atoms with Crippen molar-refractivity contribution in [3.8, 4) is 0 Å². The van der Waals surface area contributed by atoms with E-state index < -0.39 is 97.5 Å². The van der Waals surface area contributed by atoms with E-state index in [-0.39, 0.29) is 25.7 Å². The lowest BCUT2D eigenvalue weighted by Crippen LogP contribution is -2.30. The van der Waals surface area contributed by atoms with Gasteiger partial charge in [-0.05, 0) is 69.1 Å². The molecule has 0 aromatic carbocycles. The summed E-state index contributed by atoms with van der Waals surface area (Å²) in [7, 11) is -9.92. The van der Waals surface area contributed by atoms with Crippen LogP contribution in [-0.4, -0.2) is 96.7 Å². The summed E-state index contributed by atoms with van der Waals surface area (Å²) in [6.45, 7) is 11.7. The van der Waals surface area contributed by atoms with E-state index in [9.17, 15) is 43.2 Å². The van der Waals surface area contributed by atoms with Crippen LogP contribution in [0, 0.1) is 17.8 Å². The van der Waals surface area contributed by atoms with Crippen molar-refractivity contribution >= 4 is 39.5 Å². The molecule has 0 fully saturated rings. The second kappa shape index (κ2) is 61.4. The van der Waals surface area contributed by atoms with Crippen LogP contribution in [0.3, 0.4) is 0 Å². The minimum atomic E-state index is -4.96. The van der Waals surface area contributed by atoms with E-state index in [2.05, 4.69) is 72.8 Å². The topological polar surface area (TPSA) is 237 Å². The van der Waals surface area contributed by atoms with Crippen LogP contribution in [0.15, 0.2) is 24.3 Å². The van der Waals surface area contributed by atoms with Gasteiger partial charge >= 0.3 is 39.5 Å². The van der Waals surface area contributed by atoms with Gasteiger partial charge in [-0.15, -0.1) is 0 Å². The number of ether oxygens (including phenoxy) is 4. The molecule has 90 heavy (non-hydrogen) atoms.